The summed E-state index contributed by atoms with van der Waals surface area (Å²) >= 11 is 0. The van der Waals surface area contributed by atoms with Crippen LogP contribution in [0, 0.1) is 11.7 Å². The maximum Gasteiger partial charge on any atom is 0.303 e. The molecule has 1 rings (SSSR count). The van der Waals surface area contributed by atoms with Gasteiger partial charge in [0.25, 0.3) is 0 Å². The van der Waals surface area contributed by atoms with Gasteiger partial charge in [-0.05, 0) is 30.5 Å². The molecule has 104 valence electrons. The van der Waals surface area contributed by atoms with Crippen molar-refractivity contribution in [2.75, 3.05) is 11.9 Å². The summed E-state index contributed by atoms with van der Waals surface area (Å²) in [7, 11) is 0. The van der Waals surface area contributed by atoms with E-state index in [1.807, 2.05) is 6.92 Å². The number of aliphatic carboxylic acids is 1. The molecule has 0 aliphatic carbocycles. The van der Waals surface area contributed by atoms with E-state index in [0.717, 1.165) is 6.07 Å². The van der Waals surface area contributed by atoms with E-state index in [-0.39, 0.29) is 23.6 Å². The average Bonchev–Trinajstić information content (AvgIpc) is 2.34. The van der Waals surface area contributed by atoms with Crippen molar-refractivity contribution in [1.82, 2.24) is 0 Å². The highest BCUT2D eigenvalue weighted by Crippen LogP contribution is 2.17. The Labute approximate surface area is 110 Å². The van der Waals surface area contributed by atoms with Crippen LogP contribution in [-0.2, 0) is 4.79 Å². The van der Waals surface area contributed by atoms with Crippen LogP contribution < -0.4 is 11.1 Å². The van der Waals surface area contributed by atoms with Gasteiger partial charge >= 0.3 is 5.97 Å². The lowest BCUT2D eigenvalue weighted by molar-refractivity contribution is -0.137. The largest absolute Gasteiger partial charge is 0.481 e. The molecular formula is C13H17FN2O3. The van der Waals surface area contributed by atoms with Crippen LogP contribution in [0.1, 0.15) is 30.1 Å². The molecule has 0 saturated carbocycles. The molecule has 0 heterocycles. The Bertz CT molecular complexity index is 477. The van der Waals surface area contributed by atoms with E-state index < -0.39 is 17.7 Å². The average molecular weight is 268 g/mol. The molecule has 1 atom stereocenters. The van der Waals surface area contributed by atoms with Crippen LogP contribution in [0.15, 0.2) is 18.2 Å². The zero-order valence-electron chi connectivity index (χ0n) is 10.6. The second-order valence-corrected chi connectivity index (χ2v) is 4.48. The van der Waals surface area contributed by atoms with E-state index in [1.165, 1.54) is 12.1 Å². The minimum Gasteiger partial charge on any atom is -0.481 e. The number of nitrogens with two attached hydrogens (primary N) is 1. The fourth-order valence-corrected chi connectivity index (χ4v) is 1.57. The Morgan fingerprint density at radius 1 is 1.47 bits per heavy atom. The first-order valence-corrected chi connectivity index (χ1v) is 5.95. The molecule has 0 spiro atoms. The van der Waals surface area contributed by atoms with Gasteiger partial charge in [-0.25, -0.2) is 4.39 Å². The maximum absolute atomic E-state index is 13.6. The fourth-order valence-electron chi connectivity index (χ4n) is 1.57. The normalized spacial score (nSPS) is 11.9. The fraction of sp³-hybridized carbons (Fsp3) is 0.385. The number of carboxylic acids is 1. The Morgan fingerprint density at radius 3 is 2.68 bits per heavy atom. The molecule has 1 amide bonds. The standard InChI is InChI=1S/C13H17FN2O3/c1-8(2-5-12(17)18)7-16-11-4-3-9(13(15)19)6-10(11)14/h3-4,6,8,16H,2,5,7H2,1H3,(H2,15,19)(H,17,18). The van der Waals surface area contributed by atoms with E-state index in [1.54, 1.807) is 0 Å². The monoisotopic (exact) mass is 268 g/mol. The zero-order valence-corrected chi connectivity index (χ0v) is 10.6. The molecule has 0 aliphatic rings. The molecule has 1 aromatic rings. The molecule has 0 aliphatic heterocycles. The number of carbonyl (C=O) groups is 2. The van der Waals surface area contributed by atoms with Crippen molar-refractivity contribution in [3.05, 3.63) is 29.6 Å². The number of nitrogens with one attached hydrogen (secondary N) is 1. The van der Waals surface area contributed by atoms with Crippen LogP contribution >= 0.6 is 0 Å². The molecule has 0 fully saturated rings. The molecule has 19 heavy (non-hydrogen) atoms. The van der Waals surface area contributed by atoms with Crippen molar-refractivity contribution in [1.29, 1.82) is 0 Å². The molecule has 4 N–H and O–H groups in total. The number of rotatable bonds is 7. The van der Waals surface area contributed by atoms with Crippen molar-refractivity contribution in [2.45, 2.75) is 19.8 Å². The number of amides is 1. The smallest absolute Gasteiger partial charge is 0.303 e. The van der Waals surface area contributed by atoms with Gasteiger partial charge in [-0.15, -0.1) is 0 Å². The molecule has 1 aromatic carbocycles. The number of hydrogen-bond acceptors (Lipinski definition) is 3. The van der Waals surface area contributed by atoms with Gasteiger partial charge in [0.15, 0.2) is 0 Å². The Morgan fingerprint density at radius 2 is 2.16 bits per heavy atom. The van der Waals surface area contributed by atoms with E-state index in [4.69, 9.17) is 10.8 Å². The quantitative estimate of drug-likeness (QED) is 0.703. The van der Waals surface area contributed by atoms with Gasteiger partial charge in [-0.2, -0.15) is 0 Å². The summed E-state index contributed by atoms with van der Waals surface area (Å²) in [6.07, 6.45) is 0.606. The molecule has 0 aromatic heterocycles. The van der Waals surface area contributed by atoms with Gasteiger partial charge in [-0.3, -0.25) is 9.59 Å². The number of hydrogen-bond donors (Lipinski definition) is 3. The SMILES string of the molecule is CC(CCC(=O)O)CNc1ccc(C(N)=O)cc1F. The first-order chi connectivity index (χ1) is 8.90. The lowest BCUT2D eigenvalue weighted by atomic mass is 10.1. The third-order valence-corrected chi connectivity index (χ3v) is 2.75. The minimum absolute atomic E-state index is 0.0892. The summed E-state index contributed by atoms with van der Waals surface area (Å²) < 4.78 is 13.6. The molecule has 5 nitrogen and oxygen atoms in total. The van der Waals surface area contributed by atoms with Crippen LogP contribution in [0.2, 0.25) is 0 Å². The van der Waals surface area contributed by atoms with E-state index in [9.17, 15) is 14.0 Å². The maximum atomic E-state index is 13.6. The molecule has 0 bridgehead atoms. The van der Waals surface area contributed by atoms with Crippen LogP contribution in [0.4, 0.5) is 10.1 Å². The zero-order chi connectivity index (χ0) is 14.4. The third-order valence-electron chi connectivity index (χ3n) is 2.75. The summed E-state index contributed by atoms with van der Waals surface area (Å²) in [6, 6.07) is 3.96. The van der Waals surface area contributed by atoms with Gasteiger partial charge in [-0.1, -0.05) is 6.92 Å². The lowest BCUT2D eigenvalue weighted by Crippen LogP contribution is -2.15. The topological polar surface area (TPSA) is 92.4 Å². The van der Waals surface area contributed by atoms with Crippen LogP contribution in [0.25, 0.3) is 0 Å². The molecule has 0 saturated heterocycles. The van der Waals surface area contributed by atoms with E-state index in [0.29, 0.717) is 13.0 Å². The molecule has 6 heteroatoms. The first kappa shape index (κ1) is 14.9. The highest BCUT2D eigenvalue weighted by Gasteiger charge is 2.09. The predicted molar refractivity (Wildman–Crippen MR) is 69.4 cm³/mol. The van der Waals surface area contributed by atoms with Crippen molar-refractivity contribution in [3.8, 4) is 0 Å². The van der Waals surface area contributed by atoms with Crippen LogP contribution in [0.5, 0.6) is 0 Å². The number of benzene rings is 1. The summed E-state index contributed by atoms with van der Waals surface area (Å²) in [6.45, 7) is 2.34. The second-order valence-electron chi connectivity index (χ2n) is 4.48. The van der Waals surface area contributed by atoms with Crippen molar-refractivity contribution < 1.29 is 19.1 Å². The number of primary amides is 1. The molecule has 0 radical (unpaired) electrons. The molecular weight excluding hydrogens is 251 g/mol. The second kappa shape index (κ2) is 6.72. The van der Waals surface area contributed by atoms with Gasteiger partial charge in [0.1, 0.15) is 5.82 Å². The third kappa shape index (κ3) is 4.95. The van der Waals surface area contributed by atoms with Crippen molar-refractivity contribution >= 4 is 17.6 Å². The summed E-state index contributed by atoms with van der Waals surface area (Å²) in [5, 5.41) is 11.4. The number of carbonyl (C=O) groups excluding carboxylic acids is 1. The van der Waals surface area contributed by atoms with Crippen LogP contribution in [0.3, 0.4) is 0 Å². The van der Waals surface area contributed by atoms with Gasteiger partial charge in [0.2, 0.25) is 5.91 Å². The molecule has 1 unspecified atom stereocenters. The predicted octanol–water partition coefficient (Wildman–Crippen LogP) is 1.84. The minimum atomic E-state index is -0.844. The first-order valence-electron chi connectivity index (χ1n) is 5.95. The highest BCUT2D eigenvalue weighted by atomic mass is 19.1. The number of carboxylic acid groups (broad SMARTS) is 1. The van der Waals surface area contributed by atoms with E-state index >= 15 is 0 Å². The Hall–Kier alpha value is -2.11. The summed E-state index contributed by atoms with van der Waals surface area (Å²) in [5.74, 6) is -1.97. The Kier molecular flexibility index (Phi) is 5.29. The van der Waals surface area contributed by atoms with E-state index in [2.05, 4.69) is 5.32 Å². The summed E-state index contributed by atoms with van der Waals surface area (Å²) in [5.41, 5.74) is 5.42. The lowest BCUT2D eigenvalue weighted by Gasteiger charge is -2.13. The van der Waals surface area contributed by atoms with Gasteiger partial charge in [0, 0.05) is 18.5 Å². The van der Waals surface area contributed by atoms with Gasteiger partial charge in [0.05, 0.1) is 5.69 Å². The summed E-state index contributed by atoms with van der Waals surface area (Å²) in [4.78, 5) is 21.3. The highest BCUT2D eigenvalue weighted by molar-refractivity contribution is 5.93. The van der Waals surface area contributed by atoms with Crippen LogP contribution in [-0.4, -0.2) is 23.5 Å². The Balaban J connectivity index is 2.53. The van der Waals surface area contributed by atoms with Crippen molar-refractivity contribution in [2.24, 2.45) is 11.7 Å². The number of anilines is 1. The number of halogens is 1. The van der Waals surface area contributed by atoms with Crippen molar-refractivity contribution in [3.63, 3.8) is 0 Å². The van der Waals surface area contributed by atoms with Gasteiger partial charge < -0.3 is 16.2 Å².